The number of nitrogens with zero attached hydrogens (tertiary/aromatic N) is 1. The van der Waals surface area contributed by atoms with Gasteiger partial charge in [-0.3, -0.25) is 4.79 Å². The van der Waals surface area contributed by atoms with E-state index in [9.17, 15) is 9.59 Å². The number of rotatable bonds is 6. The number of aliphatic carboxylic acids is 1. The van der Waals surface area contributed by atoms with Crippen LogP contribution < -0.4 is 10.6 Å². The van der Waals surface area contributed by atoms with E-state index in [1.54, 1.807) is 11.3 Å². The fourth-order valence-corrected chi connectivity index (χ4v) is 3.52. The van der Waals surface area contributed by atoms with E-state index in [1.807, 2.05) is 6.20 Å². The molecule has 0 unspecified atom stereocenters. The first-order valence-corrected chi connectivity index (χ1v) is 8.06. The van der Waals surface area contributed by atoms with Crippen LogP contribution in [0.15, 0.2) is 6.20 Å². The lowest BCUT2D eigenvalue weighted by Crippen LogP contribution is -2.51. The summed E-state index contributed by atoms with van der Waals surface area (Å²) in [5.41, 5.74) is -0.590. The van der Waals surface area contributed by atoms with Gasteiger partial charge in [0.2, 0.25) is 0 Å². The molecule has 1 heterocycles. The van der Waals surface area contributed by atoms with Gasteiger partial charge in [0.05, 0.1) is 18.5 Å². The topological polar surface area (TPSA) is 91.3 Å². The Morgan fingerprint density at radius 2 is 2.14 bits per heavy atom. The number of aryl methyl sites for hydroxylation is 1. The van der Waals surface area contributed by atoms with Crippen LogP contribution in [0.25, 0.3) is 0 Å². The van der Waals surface area contributed by atoms with Crippen molar-refractivity contribution in [2.45, 2.75) is 57.5 Å². The third-order valence-electron chi connectivity index (χ3n) is 3.78. The van der Waals surface area contributed by atoms with Gasteiger partial charge in [-0.25, -0.2) is 9.78 Å². The zero-order chi connectivity index (χ0) is 15.3. The number of thiazole rings is 1. The van der Waals surface area contributed by atoms with E-state index < -0.39 is 11.5 Å². The number of nitrogens with one attached hydrogen (secondary N) is 2. The Balaban J connectivity index is 1.86. The molecule has 0 atom stereocenters. The first-order chi connectivity index (χ1) is 10.0. The molecular weight excluding hydrogens is 290 g/mol. The monoisotopic (exact) mass is 311 g/mol. The van der Waals surface area contributed by atoms with Gasteiger partial charge >= 0.3 is 12.0 Å². The minimum absolute atomic E-state index is 0.0162. The lowest BCUT2D eigenvalue weighted by Gasteiger charge is -2.28. The number of carbonyl (C=O) groups is 2. The van der Waals surface area contributed by atoms with Crippen LogP contribution in [0.4, 0.5) is 4.79 Å². The Morgan fingerprint density at radius 3 is 2.71 bits per heavy atom. The molecular formula is C14H21N3O3S. The van der Waals surface area contributed by atoms with Crippen LogP contribution in [0.2, 0.25) is 0 Å². The van der Waals surface area contributed by atoms with Gasteiger partial charge in [-0.1, -0.05) is 19.8 Å². The number of urea groups is 1. The van der Waals surface area contributed by atoms with Crippen LogP contribution in [-0.2, 0) is 17.8 Å². The van der Waals surface area contributed by atoms with Gasteiger partial charge in [-0.05, 0) is 19.3 Å². The summed E-state index contributed by atoms with van der Waals surface area (Å²) in [6.45, 7) is 2.44. The number of amides is 2. The standard InChI is InChI=1S/C14H21N3O3S/c1-2-10-8-15-11(21-10)9-16-13(20)17-14(7-12(18)19)5-3-4-6-14/h8H,2-7,9H2,1H3,(H,18,19)(H2,16,17,20). The molecule has 0 saturated heterocycles. The minimum atomic E-state index is -0.871. The summed E-state index contributed by atoms with van der Waals surface area (Å²) in [6, 6.07) is -0.314. The number of carboxylic acid groups (broad SMARTS) is 1. The molecule has 2 rings (SSSR count). The van der Waals surface area contributed by atoms with Gasteiger partial charge in [0.25, 0.3) is 0 Å². The van der Waals surface area contributed by atoms with E-state index in [0.717, 1.165) is 37.1 Å². The average Bonchev–Trinajstić information content (AvgIpc) is 3.05. The number of carbonyl (C=O) groups excluding carboxylic acids is 1. The lowest BCUT2D eigenvalue weighted by atomic mass is 9.93. The van der Waals surface area contributed by atoms with Crippen molar-refractivity contribution in [3.05, 3.63) is 16.1 Å². The summed E-state index contributed by atoms with van der Waals surface area (Å²) >= 11 is 1.58. The zero-order valence-electron chi connectivity index (χ0n) is 12.1. The smallest absolute Gasteiger partial charge is 0.315 e. The number of carboxylic acids is 1. The highest BCUT2D eigenvalue weighted by Gasteiger charge is 2.37. The van der Waals surface area contributed by atoms with Gasteiger partial charge in [0.15, 0.2) is 0 Å². The van der Waals surface area contributed by atoms with Crippen LogP contribution in [0.3, 0.4) is 0 Å². The highest BCUT2D eigenvalue weighted by atomic mass is 32.1. The number of aromatic nitrogens is 1. The number of hydrogen-bond acceptors (Lipinski definition) is 4. The van der Waals surface area contributed by atoms with Crippen LogP contribution >= 0.6 is 11.3 Å². The van der Waals surface area contributed by atoms with Crippen LogP contribution in [0.1, 0.15) is 48.9 Å². The van der Waals surface area contributed by atoms with Crippen molar-refractivity contribution in [3.63, 3.8) is 0 Å². The van der Waals surface area contributed by atoms with Crippen LogP contribution in [0, 0.1) is 0 Å². The highest BCUT2D eigenvalue weighted by Crippen LogP contribution is 2.32. The van der Waals surface area contributed by atoms with Gasteiger partial charge in [0.1, 0.15) is 5.01 Å². The summed E-state index contributed by atoms with van der Waals surface area (Å²) in [5.74, 6) is -0.871. The maximum atomic E-state index is 12.0. The molecule has 7 heteroatoms. The molecule has 1 aliphatic carbocycles. The normalized spacial score (nSPS) is 16.6. The SMILES string of the molecule is CCc1cnc(CNC(=O)NC2(CC(=O)O)CCCC2)s1. The van der Waals surface area contributed by atoms with Crippen molar-refractivity contribution >= 4 is 23.3 Å². The molecule has 1 fully saturated rings. The third kappa shape index (κ3) is 4.42. The van der Waals surface area contributed by atoms with Gasteiger partial charge in [-0.15, -0.1) is 11.3 Å². The van der Waals surface area contributed by atoms with E-state index >= 15 is 0 Å². The summed E-state index contributed by atoms with van der Waals surface area (Å²) in [5, 5.41) is 15.5. The van der Waals surface area contributed by atoms with Crippen LogP contribution in [0.5, 0.6) is 0 Å². The van der Waals surface area contributed by atoms with E-state index in [1.165, 1.54) is 4.88 Å². The Hall–Kier alpha value is -1.63. The molecule has 6 nitrogen and oxygen atoms in total. The van der Waals surface area contributed by atoms with Gasteiger partial charge < -0.3 is 15.7 Å². The second kappa shape index (κ2) is 6.89. The molecule has 0 spiro atoms. The van der Waals surface area contributed by atoms with Crippen molar-refractivity contribution in [1.82, 2.24) is 15.6 Å². The van der Waals surface area contributed by atoms with E-state index in [0.29, 0.717) is 6.54 Å². The molecule has 0 aromatic carbocycles. The summed E-state index contributed by atoms with van der Waals surface area (Å²) in [6.07, 6.45) is 6.11. The van der Waals surface area contributed by atoms with Crippen molar-refractivity contribution < 1.29 is 14.7 Å². The molecule has 21 heavy (non-hydrogen) atoms. The molecule has 1 saturated carbocycles. The Labute approximate surface area is 128 Å². The second-order valence-corrected chi connectivity index (χ2v) is 6.64. The minimum Gasteiger partial charge on any atom is -0.481 e. The summed E-state index contributed by atoms with van der Waals surface area (Å²) in [4.78, 5) is 28.4. The Bertz CT molecular complexity index is 509. The maximum Gasteiger partial charge on any atom is 0.315 e. The molecule has 0 bridgehead atoms. The van der Waals surface area contributed by atoms with Crippen molar-refractivity contribution in [2.24, 2.45) is 0 Å². The summed E-state index contributed by atoms with van der Waals surface area (Å²) in [7, 11) is 0. The molecule has 0 radical (unpaired) electrons. The molecule has 2 amide bonds. The average molecular weight is 311 g/mol. The van der Waals surface area contributed by atoms with Gasteiger partial charge in [0, 0.05) is 11.1 Å². The molecule has 0 aliphatic heterocycles. The Kier molecular flexibility index (Phi) is 5.17. The van der Waals surface area contributed by atoms with E-state index in [4.69, 9.17) is 5.11 Å². The van der Waals surface area contributed by atoms with Gasteiger partial charge in [-0.2, -0.15) is 0 Å². The third-order valence-corrected chi connectivity index (χ3v) is 4.92. The zero-order valence-corrected chi connectivity index (χ0v) is 13.0. The fraction of sp³-hybridized carbons (Fsp3) is 0.643. The van der Waals surface area contributed by atoms with Crippen molar-refractivity contribution in [2.75, 3.05) is 0 Å². The molecule has 1 aromatic rings. The molecule has 1 aromatic heterocycles. The lowest BCUT2D eigenvalue weighted by molar-refractivity contribution is -0.138. The first-order valence-electron chi connectivity index (χ1n) is 7.24. The molecule has 3 N–H and O–H groups in total. The predicted octanol–water partition coefficient (Wildman–Crippen LogP) is 2.29. The van der Waals surface area contributed by atoms with Crippen LogP contribution in [-0.4, -0.2) is 27.6 Å². The molecule has 1 aliphatic rings. The summed E-state index contributed by atoms with van der Waals surface area (Å²) < 4.78 is 0. The fourth-order valence-electron chi connectivity index (χ4n) is 2.72. The van der Waals surface area contributed by atoms with Crippen molar-refractivity contribution in [1.29, 1.82) is 0 Å². The highest BCUT2D eigenvalue weighted by molar-refractivity contribution is 7.11. The second-order valence-electron chi connectivity index (χ2n) is 5.44. The largest absolute Gasteiger partial charge is 0.481 e. The first kappa shape index (κ1) is 15.8. The quantitative estimate of drug-likeness (QED) is 0.751. The number of hydrogen-bond donors (Lipinski definition) is 3. The van der Waals surface area contributed by atoms with E-state index in [-0.39, 0.29) is 12.5 Å². The molecule has 116 valence electrons. The van der Waals surface area contributed by atoms with E-state index in [2.05, 4.69) is 22.5 Å². The Morgan fingerprint density at radius 1 is 1.43 bits per heavy atom. The maximum absolute atomic E-state index is 12.0. The predicted molar refractivity (Wildman–Crippen MR) is 80.3 cm³/mol. The van der Waals surface area contributed by atoms with Crippen molar-refractivity contribution in [3.8, 4) is 0 Å².